The van der Waals surface area contributed by atoms with Crippen LogP contribution in [0.1, 0.15) is 18.1 Å². The Labute approximate surface area is 150 Å². The summed E-state index contributed by atoms with van der Waals surface area (Å²) in [6, 6.07) is 14.9. The van der Waals surface area contributed by atoms with Gasteiger partial charge in [0.1, 0.15) is 0 Å². The predicted molar refractivity (Wildman–Crippen MR) is 92.3 cm³/mol. The van der Waals surface area contributed by atoms with Crippen molar-refractivity contribution in [3.63, 3.8) is 0 Å². The van der Waals surface area contributed by atoms with Crippen molar-refractivity contribution in [2.24, 2.45) is 0 Å². The minimum absolute atomic E-state index is 0.235. The maximum Gasteiger partial charge on any atom is 0.339 e. The SMILES string of the molecule is CCOC(=O)[C@H]1O[C@]12C(=O)N(Cc1ccccc1)c1ccc(Cl)cc12. The molecule has 1 spiro atoms. The van der Waals surface area contributed by atoms with Crippen molar-refractivity contribution in [3.05, 3.63) is 64.7 Å². The number of amides is 1. The van der Waals surface area contributed by atoms with Gasteiger partial charge in [-0.05, 0) is 30.7 Å². The van der Waals surface area contributed by atoms with Gasteiger partial charge in [-0.1, -0.05) is 41.9 Å². The number of nitrogens with zero attached hydrogens (tertiary/aromatic N) is 1. The first kappa shape index (κ1) is 16.1. The lowest BCUT2D eigenvalue weighted by Gasteiger charge is -2.17. The van der Waals surface area contributed by atoms with E-state index in [0.717, 1.165) is 5.56 Å². The Bertz CT molecular complexity index is 854. The molecule has 0 aliphatic carbocycles. The number of ether oxygens (including phenoxy) is 2. The van der Waals surface area contributed by atoms with Crippen LogP contribution in [0.4, 0.5) is 5.69 Å². The molecule has 2 aliphatic heterocycles. The third kappa shape index (κ3) is 2.42. The van der Waals surface area contributed by atoms with E-state index in [9.17, 15) is 9.59 Å². The van der Waals surface area contributed by atoms with Gasteiger partial charge < -0.3 is 14.4 Å². The number of rotatable bonds is 4. The Hall–Kier alpha value is -2.37. The number of carbonyl (C=O) groups excluding carboxylic acids is 2. The third-order valence-electron chi connectivity index (χ3n) is 4.51. The van der Waals surface area contributed by atoms with Crippen molar-refractivity contribution in [3.8, 4) is 0 Å². The van der Waals surface area contributed by atoms with Crippen LogP contribution >= 0.6 is 11.6 Å². The number of hydrogen-bond donors (Lipinski definition) is 0. The maximum absolute atomic E-state index is 13.1. The first-order valence-electron chi connectivity index (χ1n) is 8.08. The van der Waals surface area contributed by atoms with Crippen LogP contribution in [0.25, 0.3) is 0 Å². The molecule has 2 aromatic rings. The fraction of sp³-hybridized carbons (Fsp3) is 0.263. The lowest BCUT2D eigenvalue weighted by Crippen LogP contribution is -2.35. The highest BCUT2D eigenvalue weighted by molar-refractivity contribution is 6.31. The molecule has 128 valence electrons. The van der Waals surface area contributed by atoms with Crippen LogP contribution in [0.3, 0.4) is 0 Å². The lowest BCUT2D eigenvalue weighted by atomic mass is 9.97. The highest BCUT2D eigenvalue weighted by Gasteiger charge is 2.73. The summed E-state index contributed by atoms with van der Waals surface area (Å²) in [7, 11) is 0. The minimum Gasteiger partial charge on any atom is -0.464 e. The minimum atomic E-state index is -1.30. The molecule has 2 aliphatic rings. The monoisotopic (exact) mass is 357 g/mol. The first-order chi connectivity index (χ1) is 12.1. The largest absolute Gasteiger partial charge is 0.464 e. The van der Waals surface area contributed by atoms with Crippen LogP contribution in [0, 0.1) is 0 Å². The Morgan fingerprint density at radius 2 is 2.04 bits per heavy atom. The van der Waals surface area contributed by atoms with Crippen LogP contribution in [0.2, 0.25) is 5.02 Å². The zero-order valence-corrected chi connectivity index (χ0v) is 14.3. The quantitative estimate of drug-likeness (QED) is 0.623. The average molecular weight is 358 g/mol. The van der Waals surface area contributed by atoms with Crippen molar-refractivity contribution in [2.75, 3.05) is 11.5 Å². The van der Waals surface area contributed by atoms with Gasteiger partial charge in [-0.25, -0.2) is 4.79 Å². The number of epoxide rings is 1. The Morgan fingerprint density at radius 1 is 1.28 bits per heavy atom. The van der Waals surface area contributed by atoms with Crippen LogP contribution in [-0.4, -0.2) is 24.6 Å². The van der Waals surface area contributed by atoms with E-state index >= 15 is 0 Å². The molecule has 0 radical (unpaired) electrons. The maximum atomic E-state index is 13.1. The fourth-order valence-corrected chi connectivity index (χ4v) is 3.51. The van der Waals surface area contributed by atoms with Gasteiger partial charge in [-0.3, -0.25) is 4.79 Å². The molecule has 5 nitrogen and oxygen atoms in total. The number of halogens is 1. The third-order valence-corrected chi connectivity index (χ3v) is 4.75. The molecule has 1 amide bonds. The van der Waals surface area contributed by atoms with Gasteiger partial charge in [0.25, 0.3) is 5.91 Å². The first-order valence-corrected chi connectivity index (χ1v) is 8.46. The molecule has 0 aromatic heterocycles. The molecule has 6 heteroatoms. The number of hydrogen-bond acceptors (Lipinski definition) is 4. The van der Waals surface area contributed by atoms with E-state index in [1.807, 2.05) is 30.3 Å². The number of fused-ring (bicyclic) bond motifs is 2. The van der Waals surface area contributed by atoms with Crippen LogP contribution in [0.15, 0.2) is 48.5 Å². The summed E-state index contributed by atoms with van der Waals surface area (Å²) in [6.45, 7) is 2.35. The van der Waals surface area contributed by atoms with Crippen molar-refractivity contribution in [1.29, 1.82) is 0 Å². The van der Waals surface area contributed by atoms with E-state index < -0.39 is 17.7 Å². The molecular weight excluding hydrogens is 342 g/mol. The van der Waals surface area contributed by atoms with Gasteiger partial charge in [0.15, 0.2) is 6.10 Å². The van der Waals surface area contributed by atoms with Crippen molar-refractivity contribution in [1.82, 2.24) is 0 Å². The van der Waals surface area contributed by atoms with Crippen molar-refractivity contribution in [2.45, 2.75) is 25.2 Å². The summed E-state index contributed by atoms with van der Waals surface area (Å²) in [5.74, 6) is -0.782. The fourth-order valence-electron chi connectivity index (χ4n) is 3.34. The number of carbonyl (C=O) groups is 2. The molecule has 0 bridgehead atoms. The Kier molecular flexibility index (Phi) is 3.78. The van der Waals surface area contributed by atoms with Gasteiger partial charge in [0.2, 0.25) is 5.60 Å². The summed E-state index contributed by atoms with van der Waals surface area (Å²) in [5, 5.41) is 0.491. The van der Waals surface area contributed by atoms with Gasteiger partial charge in [0.05, 0.1) is 18.8 Å². The topological polar surface area (TPSA) is 59.1 Å². The van der Waals surface area contributed by atoms with Crippen LogP contribution < -0.4 is 4.90 Å². The summed E-state index contributed by atoms with van der Waals surface area (Å²) < 4.78 is 10.6. The molecule has 0 N–H and O–H groups in total. The van der Waals surface area contributed by atoms with E-state index in [-0.39, 0.29) is 12.5 Å². The molecule has 1 saturated heterocycles. The van der Waals surface area contributed by atoms with E-state index in [0.29, 0.717) is 22.8 Å². The van der Waals surface area contributed by atoms with E-state index in [2.05, 4.69) is 0 Å². The normalized spacial score (nSPS) is 23.7. The van der Waals surface area contributed by atoms with Crippen LogP contribution in [0.5, 0.6) is 0 Å². The van der Waals surface area contributed by atoms with Crippen molar-refractivity contribution >= 4 is 29.2 Å². The number of esters is 1. The molecule has 1 fully saturated rings. The summed E-state index contributed by atoms with van der Waals surface area (Å²) in [6.07, 6.45) is -0.919. The number of anilines is 1. The van der Waals surface area contributed by atoms with E-state index in [1.165, 1.54) is 0 Å². The van der Waals surface area contributed by atoms with E-state index in [4.69, 9.17) is 21.1 Å². The average Bonchev–Trinajstić information content (AvgIpc) is 3.33. The Balaban J connectivity index is 1.73. The van der Waals surface area contributed by atoms with Gasteiger partial charge in [0, 0.05) is 10.6 Å². The summed E-state index contributed by atoms with van der Waals surface area (Å²) in [4.78, 5) is 26.9. The highest BCUT2D eigenvalue weighted by Crippen LogP contribution is 2.57. The second-order valence-corrected chi connectivity index (χ2v) is 6.46. The molecule has 0 saturated carbocycles. The zero-order chi connectivity index (χ0) is 17.6. The molecule has 2 aromatic carbocycles. The molecule has 2 atom stereocenters. The molecule has 2 heterocycles. The molecule has 25 heavy (non-hydrogen) atoms. The van der Waals surface area contributed by atoms with Gasteiger partial charge in [-0.15, -0.1) is 0 Å². The van der Waals surface area contributed by atoms with Gasteiger partial charge in [-0.2, -0.15) is 0 Å². The van der Waals surface area contributed by atoms with E-state index in [1.54, 1.807) is 30.0 Å². The molecule has 4 rings (SSSR count). The van der Waals surface area contributed by atoms with Crippen LogP contribution in [-0.2, 0) is 31.2 Å². The molecular formula is C19H16ClNO4. The standard InChI is InChI=1S/C19H16ClNO4/c1-2-24-17(22)16-19(25-16)14-10-13(20)8-9-15(14)21(18(19)23)11-12-6-4-3-5-7-12/h3-10,16H,2,11H2,1H3/t16-,19+/m1/s1. The Morgan fingerprint density at radius 3 is 2.76 bits per heavy atom. The van der Waals surface area contributed by atoms with Crippen molar-refractivity contribution < 1.29 is 19.1 Å². The zero-order valence-electron chi connectivity index (χ0n) is 13.6. The second kappa shape index (κ2) is 5.86. The molecule has 0 unspecified atom stereocenters. The van der Waals surface area contributed by atoms with Gasteiger partial charge >= 0.3 is 5.97 Å². The summed E-state index contributed by atoms with van der Waals surface area (Å²) >= 11 is 6.12. The second-order valence-electron chi connectivity index (χ2n) is 6.02. The highest BCUT2D eigenvalue weighted by atomic mass is 35.5. The predicted octanol–water partition coefficient (Wildman–Crippen LogP) is 3.04. The smallest absolute Gasteiger partial charge is 0.339 e. The number of benzene rings is 2. The summed E-state index contributed by atoms with van der Waals surface area (Å²) in [5.41, 5.74) is 1.02. The lowest BCUT2D eigenvalue weighted by molar-refractivity contribution is -0.144.